The van der Waals surface area contributed by atoms with Crippen LogP contribution in [0.15, 0.2) is 11.9 Å². The number of hydrogen-bond acceptors (Lipinski definition) is 4. The van der Waals surface area contributed by atoms with Gasteiger partial charge in [-0.25, -0.2) is 4.79 Å². The van der Waals surface area contributed by atoms with Gasteiger partial charge in [0.05, 0.1) is 13.2 Å². The predicted octanol–water partition coefficient (Wildman–Crippen LogP) is 0.904. The molecule has 0 aliphatic carbocycles. The Morgan fingerprint density at radius 3 is 2.07 bits per heavy atom. The number of carbonyl (C=O) groups excluding carboxylic acids is 1. The number of esters is 1. The smallest absolute Gasteiger partial charge is 0.334 e. The van der Waals surface area contributed by atoms with Gasteiger partial charge in [-0.2, -0.15) is 0 Å². The maximum Gasteiger partial charge on any atom is 0.334 e. The van der Waals surface area contributed by atoms with Crippen molar-refractivity contribution >= 4 is 5.97 Å². The SMILES string of the molecule is CCN(CC)/C(=C/C(=O)OC)N(C)C. The molecule has 0 spiro atoms. The third kappa shape index (κ3) is 3.68. The molecule has 0 aromatic carbocycles. The first-order valence-electron chi connectivity index (χ1n) is 4.78. The lowest BCUT2D eigenvalue weighted by Gasteiger charge is -2.29. The predicted molar refractivity (Wildman–Crippen MR) is 56.7 cm³/mol. The fourth-order valence-corrected chi connectivity index (χ4v) is 1.22. The van der Waals surface area contributed by atoms with Crippen LogP contribution in [0.25, 0.3) is 0 Å². The van der Waals surface area contributed by atoms with Crippen molar-refractivity contribution in [1.29, 1.82) is 0 Å². The van der Waals surface area contributed by atoms with Crippen molar-refractivity contribution in [1.82, 2.24) is 9.80 Å². The van der Waals surface area contributed by atoms with E-state index in [2.05, 4.69) is 23.5 Å². The van der Waals surface area contributed by atoms with E-state index in [9.17, 15) is 4.79 Å². The van der Waals surface area contributed by atoms with Crippen molar-refractivity contribution in [2.24, 2.45) is 0 Å². The highest BCUT2D eigenvalue weighted by Crippen LogP contribution is 2.06. The molecule has 0 aromatic rings. The zero-order valence-corrected chi connectivity index (χ0v) is 9.70. The number of nitrogens with zero attached hydrogens (tertiary/aromatic N) is 2. The van der Waals surface area contributed by atoms with Crippen LogP contribution in [0.5, 0.6) is 0 Å². The van der Waals surface area contributed by atoms with Gasteiger partial charge in [-0.15, -0.1) is 0 Å². The molecule has 0 bridgehead atoms. The maximum atomic E-state index is 11.1. The van der Waals surface area contributed by atoms with Gasteiger partial charge in [-0.05, 0) is 13.8 Å². The van der Waals surface area contributed by atoms with E-state index in [0.717, 1.165) is 18.9 Å². The molecule has 82 valence electrons. The summed E-state index contributed by atoms with van der Waals surface area (Å²) in [5.74, 6) is 0.558. The second kappa shape index (κ2) is 6.29. The van der Waals surface area contributed by atoms with Gasteiger partial charge in [0.15, 0.2) is 0 Å². The molecular formula is C10H20N2O2. The van der Waals surface area contributed by atoms with Crippen molar-refractivity contribution in [3.8, 4) is 0 Å². The monoisotopic (exact) mass is 200 g/mol. The van der Waals surface area contributed by atoms with Crippen molar-refractivity contribution in [3.63, 3.8) is 0 Å². The summed E-state index contributed by atoms with van der Waals surface area (Å²) in [7, 11) is 5.20. The fourth-order valence-electron chi connectivity index (χ4n) is 1.22. The fraction of sp³-hybridized carbons (Fsp3) is 0.700. The quantitative estimate of drug-likeness (QED) is 0.488. The average molecular weight is 200 g/mol. The van der Waals surface area contributed by atoms with Gasteiger partial charge in [0, 0.05) is 27.2 Å². The van der Waals surface area contributed by atoms with Crippen LogP contribution in [0.3, 0.4) is 0 Å². The van der Waals surface area contributed by atoms with Crippen molar-refractivity contribution in [3.05, 3.63) is 11.9 Å². The van der Waals surface area contributed by atoms with Crippen molar-refractivity contribution in [2.45, 2.75) is 13.8 Å². The Labute approximate surface area is 86.1 Å². The molecule has 0 radical (unpaired) electrons. The van der Waals surface area contributed by atoms with Crippen LogP contribution in [-0.2, 0) is 9.53 Å². The maximum absolute atomic E-state index is 11.1. The Balaban J connectivity index is 4.73. The number of carbonyl (C=O) groups is 1. The molecule has 4 heteroatoms. The topological polar surface area (TPSA) is 32.8 Å². The second-order valence-electron chi connectivity index (χ2n) is 3.09. The summed E-state index contributed by atoms with van der Waals surface area (Å²) in [4.78, 5) is 15.1. The van der Waals surface area contributed by atoms with E-state index in [-0.39, 0.29) is 5.97 Å². The summed E-state index contributed by atoms with van der Waals surface area (Å²) in [6, 6.07) is 0. The molecular weight excluding hydrogens is 180 g/mol. The van der Waals surface area contributed by atoms with Gasteiger partial charge < -0.3 is 14.5 Å². The molecule has 0 aliphatic heterocycles. The van der Waals surface area contributed by atoms with E-state index < -0.39 is 0 Å². The summed E-state index contributed by atoms with van der Waals surface area (Å²) < 4.78 is 4.60. The number of ether oxygens (including phenoxy) is 1. The zero-order chi connectivity index (χ0) is 11.1. The van der Waals surface area contributed by atoms with Gasteiger partial charge >= 0.3 is 5.97 Å². The molecule has 0 fully saturated rings. The summed E-state index contributed by atoms with van der Waals surface area (Å²) in [6.45, 7) is 5.85. The highest BCUT2D eigenvalue weighted by molar-refractivity contribution is 5.82. The van der Waals surface area contributed by atoms with Crippen molar-refractivity contribution in [2.75, 3.05) is 34.3 Å². The molecule has 0 aromatic heterocycles. The third-order valence-corrected chi connectivity index (χ3v) is 1.99. The molecule has 0 saturated carbocycles. The largest absolute Gasteiger partial charge is 0.466 e. The van der Waals surface area contributed by atoms with E-state index in [1.54, 1.807) is 0 Å². The number of rotatable bonds is 5. The minimum absolute atomic E-state index is 0.319. The standard InChI is InChI=1S/C10H20N2O2/c1-6-12(7-2)9(11(3)4)8-10(13)14-5/h8H,6-7H2,1-5H3/b9-8+. The molecule has 0 unspecified atom stereocenters. The first-order chi connectivity index (χ1) is 6.56. The summed E-state index contributed by atoms with van der Waals surface area (Å²) in [5, 5.41) is 0. The molecule has 0 N–H and O–H groups in total. The highest BCUT2D eigenvalue weighted by Gasteiger charge is 2.09. The van der Waals surface area contributed by atoms with Crippen LogP contribution in [-0.4, -0.2) is 50.1 Å². The number of methoxy groups -OCH3 is 1. The molecule has 0 aliphatic rings. The third-order valence-electron chi connectivity index (χ3n) is 1.99. The highest BCUT2D eigenvalue weighted by atomic mass is 16.5. The lowest BCUT2D eigenvalue weighted by molar-refractivity contribution is -0.135. The molecule has 0 amide bonds. The first kappa shape index (κ1) is 12.8. The Kier molecular flexibility index (Phi) is 5.76. The Morgan fingerprint density at radius 1 is 1.29 bits per heavy atom. The minimum atomic E-state index is -0.319. The van der Waals surface area contributed by atoms with E-state index in [4.69, 9.17) is 0 Å². The Bertz CT molecular complexity index is 208. The molecule has 0 atom stereocenters. The van der Waals surface area contributed by atoms with Gasteiger partial charge in [0.25, 0.3) is 0 Å². The van der Waals surface area contributed by atoms with Crippen LogP contribution < -0.4 is 0 Å². The van der Waals surface area contributed by atoms with E-state index in [0.29, 0.717) is 0 Å². The summed E-state index contributed by atoms with van der Waals surface area (Å²) >= 11 is 0. The van der Waals surface area contributed by atoms with E-state index >= 15 is 0 Å². The lowest BCUT2D eigenvalue weighted by atomic mass is 10.4. The van der Waals surface area contributed by atoms with Gasteiger partial charge in [0.1, 0.15) is 5.82 Å². The van der Waals surface area contributed by atoms with Gasteiger partial charge in [-0.3, -0.25) is 0 Å². The first-order valence-corrected chi connectivity index (χ1v) is 4.78. The molecule has 0 heterocycles. The Hall–Kier alpha value is -1.19. The lowest BCUT2D eigenvalue weighted by Crippen LogP contribution is -2.31. The van der Waals surface area contributed by atoms with Crippen molar-refractivity contribution < 1.29 is 9.53 Å². The molecule has 14 heavy (non-hydrogen) atoms. The van der Waals surface area contributed by atoms with Crippen LogP contribution in [0, 0.1) is 0 Å². The van der Waals surface area contributed by atoms with Gasteiger partial charge in [-0.1, -0.05) is 0 Å². The van der Waals surface area contributed by atoms with Gasteiger partial charge in [0.2, 0.25) is 0 Å². The average Bonchev–Trinajstić information content (AvgIpc) is 2.17. The second-order valence-corrected chi connectivity index (χ2v) is 3.09. The molecule has 0 rings (SSSR count). The Morgan fingerprint density at radius 2 is 1.79 bits per heavy atom. The van der Waals surface area contributed by atoms with Crippen LogP contribution in [0.2, 0.25) is 0 Å². The minimum Gasteiger partial charge on any atom is -0.466 e. The van der Waals surface area contributed by atoms with Crippen LogP contribution in [0.1, 0.15) is 13.8 Å². The van der Waals surface area contributed by atoms with E-state index in [1.165, 1.54) is 13.2 Å². The van der Waals surface area contributed by atoms with Crippen LogP contribution in [0.4, 0.5) is 0 Å². The molecule has 0 saturated heterocycles. The molecule has 4 nitrogen and oxygen atoms in total. The van der Waals surface area contributed by atoms with E-state index in [1.807, 2.05) is 19.0 Å². The summed E-state index contributed by atoms with van der Waals surface area (Å²) in [6.07, 6.45) is 1.51. The van der Waals surface area contributed by atoms with Crippen LogP contribution >= 0.6 is 0 Å². The summed E-state index contributed by atoms with van der Waals surface area (Å²) in [5.41, 5.74) is 0. The zero-order valence-electron chi connectivity index (χ0n) is 9.70. The number of hydrogen-bond donors (Lipinski definition) is 0. The normalized spacial score (nSPS) is 11.1.